The highest BCUT2D eigenvalue weighted by Crippen LogP contribution is 2.17. The maximum absolute atomic E-state index is 11.7. The number of rotatable bonds is 5. The minimum absolute atomic E-state index is 0.00958. The third kappa shape index (κ3) is 5.01. The third-order valence-electron chi connectivity index (χ3n) is 2.59. The maximum Gasteiger partial charge on any atom is 0.326 e. The second-order valence-electron chi connectivity index (χ2n) is 4.29. The number of β-amino-alcohol motifs (C(OH)–C–C–N with tert-alkyl or cyclic N) is 1. The number of aliphatic hydroxyl groups excluding tert-OH is 1. The zero-order chi connectivity index (χ0) is 14.6. The van der Waals surface area contributed by atoms with Crippen molar-refractivity contribution in [1.82, 2.24) is 14.9 Å². The number of nitrogens with zero attached hydrogens (tertiary/aromatic N) is 1. The molecule has 10 heteroatoms. The highest BCUT2D eigenvalue weighted by atomic mass is 32.2. The number of carboxylic acids is 1. The summed E-state index contributed by atoms with van der Waals surface area (Å²) in [7, 11) is -3.32. The van der Waals surface area contributed by atoms with Gasteiger partial charge in [-0.1, -0.05) is 0 Å². The average molecular weight is 295 g/mol. The Balaban J connectivity index is 2.42. The summed E-state index contributed by atoms with van der Waals surface area (Å²) in [5, 5.41) is 20.7. The molecule has 1 fully saturated rings. The highest BCUT2D eigenvalue weighted by Gasteiger charge is 2.38. The van der Waals surface area contributed by atoms with E-state index >= 15 is 0 Å². The molecular formula is C9H17N3O6S. The van der Waals surface area contributed by atoms with Crippen LogP contribution >= 0.6 is 0 Å². The monoisotopic (exact) mass is 295 g/mol. The molecule has 1 aliphatic rings. The molecule has 0 aromatic carbocycles. The topological polar surface area (TPSA) is 136 Å². The van der Waals surface area contributed by atoms with Crippen LogP contribution in [-0.4, -0.2) is 73.6 Å². The van der Waals surface area contributed by atoms with Crippen LogP contribution in [0.15, 0.2) is 0 Å². The number of aliphatic hydroxyl groups is 1. The van der Waals surface area contributed by atoms with E-state index in [1.54, 1.807) is 0 Å². The first-order valence-electron chi connectivity index (χ1n) is 5.60. The van der Waals surface area contributed by atoms with E-state index in [2.05, 4.69) is 10.0 Å². The van der Waals surface area contributed by atoms with E-state index in [0.717, 1.165) is 11.2 Å². The second kappa shape index (κ2) is 6.17. The lowest BCUT2D eigenvalue weighted by atomic mass is 10.2. The fourth-order valence-corrected chi connectivity index (χ4v) is 2.25. The first-order chi connectivity index (χ1) is 8.70. The van der Waals surface area contributed by atoms with Crippen LogP contribution in [0.4, 0.5) is 4.79 Å². The van der Waals surface area contributed by atoms with E-state index in [-0.39, 0.29) is 26.1 Å². The van der Waals surface area contributed by atoms with Crippen LogP contribution < -0.4 is 10.0 Å². The number of carbonyl (C=O) groups is 2. The zero-order valence-electron chi connectivity index (χ0n) is 10.4. The van der Waals surface area contributed by atoms with E-state index in [1.807, 2.05) is 0 Å². The minimum Gasteiger partial charge on any atom is -0.480 e. The molecule has 0 aliphatic carbocycles. The van der Waals surface area contributed by atoms with Crippen LogP contribution in [0.25, 0.3) is 0 Å². The van der Waals surface area contributed by atoms with Crippen molar-refractivity contribution >= 4 is 22.0 Å². The quantitative estimate of drug-likeness (QED) is 0.424. The molecule has 2 amide bonds. The van der Waals surface area contributed by atoms with E-state index in [0.29, 0.717) is 0 Å². The Morgan fingerprint density at radius 2 is 2.00 bits per heavy atom. The first-order valence-corrected chi connectivity index (χ1v) is 7.50. The Hall–Kier alpha value is -1.39. The fourth-order valence-electron chi connectivity index (χ4n) is 1.78. The number of amides is 2. The molecule has 4 N–H and O–H groups in total. The number of nitrogens with one attached hydrogen (secondary N) is 2. The average Bonchev–Trinajstić information content (AvgIpc) is 2.65. The van der Waals surface area contributed by atoms with Crippen molar-refractivity contribution in [2.75, 3.05) is 25.9 Å². The summed E-state index contributed by atoms with van der Waals surface area (Å²) in [6, 6.07) is -1.70. The molecule has 1 rings (SSSR count). The lowest BCUT2D eigenvalue weighted by molar-refractivity contribution is -0.141. The highest BCUT2D eigenvalue weighted by molar-refractivity contribution is 7.88. The van der Waals surface area contributed by atoms with Gasteiger partial charge in [-0.15, -0.1) is 0 Å². The summed E-state index contributed by atoms with van der Waals surface area (Å²) >= 11 is 0. The molecule has 0 aromatic rings. The van der Waals surface area contributed by atoms with Crippen molar-refractivity contribution in [2.24, 2.45) is 0 Å². The van der Waals surface area contributed by atoms with Gasteiger partial charge in [0, 0.05) is 26.1 Å². The fraction of sp³-hybridized carbons (Fsp3) is 0.778. The number of hydrogen-bond acceptors (Lipinski definition) is 5. The van der Waals surface area contributed by atoms with Gasteiger partial charge in [0.15, 0.2) is 0 Å². The largest absolute Gasteiger partial charge is 0.480 e. The van der Waals surface area contributed by atoms with E-state index in [4.69, 9.17) is 5.11 Å². The predicted molar refractivity (Wildman–Crippen MR) is 65.0 cm³/mol. The summed E-state index contributed by atoms with van der Waals surface area (Å²) < 4.78 is 23.7. The molecule has 0 saturated carbocycles. The number of urea groups is 1. The SMILES string of the molecule is CS(=O)(=O)NCCNC(=O)N1CC(O)C[C@H]1C(=O)O. The molecule has 0 spiro atoms. The Morgan fingerprint density at radius 3 is 2.53 bits per heavy atom. The van der Waals surface area contributed by atoms with Crippen LogP contribution in [0.2, 0.25) is 0 Å². The second-order valence-corrected chi connectivity index (χ2v) is 6.13. The standard InChI is InChI=1S/C9H17N3O6S/c1-19(17,18)11-3-2-10-9(16)12-5-6(13)4-7(12)8(14)15/h6-7,11,13H,2-5H2,1H3,(H,10,16)(H,14,15)/t6?,7-/m0/s1. The normalized spacial score (nSPS) is 23.4. The lowest BCUT2D eigenvalue weighted by Crippen LogP contribution is -2.47. The number of hydrogen-bond donors (Lipinski definition) is 4. The summed E-state index contributed by atoms with van der Waals surface area (Å²) in [5.41, 5.74) is 0. The molecule has 0 radical (unpaired) electrons. The predicted octanol–water partition coefficient (Wildman–Crippen LogP) is -2.23. The molecule has 1 saturated heterocycles. The van der Waals surface area contributed by atoms with Crippen LogP contribution in [0, 0.1) is 0 Å². The van der Waals surface area contributed by atoms with Crippen LogP contribution in [0.3, 0.4) is 0 Å². The minimum atomic E-state index is -3.32. The summed E-state index contributed by atoms with van der Waals surface area (Å²) in [6.45, 7) is -0.00809. The smallest absolute Gasteiger partial charge is 0.326 e. The van der Waals surface area contributed by atoms with Gasteiger partial charge >= 0.3 is 12.0 Å². The molecule has 1 aliphatic heterocycles. The number of aliphatic carboxylic acids is 1. The van der Waals surface area contributed by atoms with Crippen LogP contribution in [0.5, 0.6) is 0 Å². The molecular weight excluding hydrogens is 278 g/mol. The van der Waals surface area contributed by atoms with E-state index in [9.17, 15) is 23.1 Å². The number of carbonyl (C=O) groups excluding carboxylic acids is 1. The van der Waals surface area contributed by atoms with Gasteiger partial charge in [-0.2, -0.15) is 0 Å². The van der Waals surface area contributed by atoms with Gasteiger partial charge in [-0.25, -0.2) is 22.7 Å². The Bertz CT molecular complexity index is 451. The van der Waals surface area contributed by atoms with Crippen molar-refractivity contribution in [3.63, 3.8) is 0 Å². The number of carboxylic acid groups (broad SMARTS) is 1. The van der Waals surface area contributed by atoms with Crippen LogP contribution in [-0.2, 0) is 14.8 Å². The van der Waals surface area contributed by atoms with Crippen molar-refractivity contribution in [3.8, 4) is 0 Å². The Kier molecular flexibility index (Phi) is 5.09. The number of sulfonamides is 1. The Morgan fingerprint density at radius 1 is 1.37 bits per heavy atom. The maximum atomic E-state index is 11.7. The van der Waals surface area contributed by atoms with Gasteiger partial charge in [-0.05, 0) is 0 Å². The molecule has 1 heterocycles. The van der Waals surface area contributed by atoms with E-state index < -0.39 is 34.2 Å². The lowest BCUT2D eigenvalue weighted by Gasteiger charge is -2.21. The molecule has 0 aromatic heterocycles. The third-order valence-corrected chi connectivity index (χ3v) is 3.32. The zero-order valence-corrected chi connectivity index (χ0v) is 11.2. The molecule has 110 valence electrons. The molecule has 1 unspecified atom stereocenters. The van der Waals surface area contributed by atoms with Gasteiger partial charge in [-0.3, -0.25) is 0 Å². The van der Waals surface area contributed by atoms with Gasteiger partial charge in [0.25, 0.3) is 0 Å². The molecule has 9 nitrogen and oxygen atoms in total. The van der Waals surface area contributed by atoms with Gasteiger partial charge < -0.3 is 20.4 Å². The van der Waals surface area contributed by atoms with Crippen LogP contribution in [0.1, 0.15) is 6.42 Å². The molecule has 2 atom stereocenters. The summed E-state index contributed by atoms with van der Waals surface area (Å²) in [6.07, 6.45) is 0.122. The van der Waals surface area contributed by atoms with Gasteiger partial charge in [0.2, 0.25) is 10.0 Å². The summed E-state index contributed by atoms with van der Waals surface area (Å²) in [4.78, 5) is 23.6. The first kappa shape index (κ1) is 15.7. The van der Waals surface area contributed by atoms with Gasteiger partial charge in [0.1, 0.15) is 6.04 Å². The summed E-state index contributed by atoms with van der Waals surface area (Å²) in [5.74, 6) is -1.18. The van der Waals surface area contributed by atoms with Crippen molar-refractivity contribution in [3.05, 3.63) is 0 Å². The molecule has 0 bridgehead atoms. The van der Waals surface area contributed by atoms with E-state index in [1.165, 1.54) is 0 Å². The van der Waals surface area contributed by atoms with Gasteiger partial charge in [0.05, 0.1) is 12.4 Å². The van der Waals surface area contributed by atoms with Crippen molar-refractivity contribution < 1.29 is 28.2 Å². The molecule has 19 heavy (non-hydrogen) atoms. The van der Waals surface area contributed by atoms with Crippen molar-refractivity contribution in [2.45, 2.75) is 18.6 Å². The van der Waals surface area contributed by atoms with Crippen molar-refractivity contribution in [1.29, 1.82) is 0 Å². The Labute approximate surface area is 110 Å². The number of likely N-dealkylation sites (tertiary alicyclic amines) is 1.